The maximum Gasteiger partial charge on any atom is 0.513 e. The van der Waals surface area contributed by atoms with Gasteiger partial charge in [0.25, 0.3) is 5.91 Å². The highest BCUT2D eigenvalue weighted by Gasteiger charge is 2.09. The van der Waals surface area contributed by atoms with Crippen LogP contribution in [0, 0.1) is 0 Å². The molecule has 3 rings (SSSR count). The number of nitrogens with one attached hydrogen (secondary N) is 2. The van der Waals surface area contributed by atoms with E-state index in [2.05, 4.69) is 26.6 Å². The molecule has 0 aromatic heterocycles. The Labute approximate surface area is 200 Å². The van der Waals surface area contributed by atoms with Crippen molar-refractivity contribution < 1.29 is 23.9 Å². The molecule has 2 N–H and O–H groups in total. The standard InChI is InChI=1S/C25H23BrN2O5/c1-2-32-25(31)33-22-13-7-19(8-14-22)24(30)28-21-11-5-18(6-12-21)16-27-23(29)15-17-3-9-20(26)10-4-17/h3-14H,2,15-16H2,1H3,(H,27,29)(H,28,30). The number of hydrogen-bond donors (Lipinski definition) is 2. The van der Waals surface area contributed by atoms with Crippen molar-refractivity contribution in [3.05, 3.63) is 94.0 Å². The third-order valence-corrected chi connectivity index (χ3v) is 5.09. The molecule has 0 heterocycles. The van der Waals surface area contributed by atoms with Crippen LogP contribution in [0.2, 0.25) is 0 Å². The van der Waals surface area contributed by atoms with Gasteiger partial charge in [0.2, 0.25) is 5.91 Å². The highest BCUT2D eigenvalue weighted by Crippen LogP contribution is 2.16. The van der Waals surface area contributed by atoms with E-state index in [1.807, 2.05) is 36.4 Å². The van der Waals surface area contributed by atoms with Crippen molar-refractivity contribution in [3.63, 3.8) is 0 Å². The van der Waals surface area contributed by atoms with E-state index < -0.39 is 6.16 Å². The molecular weight excluding hydrogens is 488 g/mol. The predicted molar refractivity (Wildman–Crippen MR) is 128 cm³/mol. The Bertz CT molecular complexity index is 1100. The summed E-state index contributed by atoms with van der Waals surface area (Å²) in [4.78, 5) is 35.9. The lowest BCUT2D eigenvalue weighted by molar-refractivity contribution is -0.120. The van der Waals surface area contributed by atoms with E-state index >= 15 is 0 Å². The van der Waals surface area contributed by atoms with Crippen LogP contribution < -0.4 is 15.4 Å². The molecule has 0 unspecified atom stereocenters. The number of hydrogen-bond acceptors (Lipinski definition) is 5. The quantitative estimate of drug-likeness (QED) is 0.325. The van der Waals surface area contributed by atoms with E-state index in [0.29, 0.717) is 24.2 Å². The summed E-state index contributed by atoms with van der Waals surface area (Å²) in [6.07, 6.45) is -0.482. The van der Waals surface area contributed by atoms with Gasteiger partial charge in [-0.05, 0) is 66.6 Å². The van der Waals surface area contributed by atoms with Crippen LogP contribution in [0.5, 0.6) is 5.75 Å². The van der Waals surface area contributed by atoms with Crippen LogP contribution in [0.3, 0.4) is 0 Å². The monoisotopic (exact) mass is 510 g/mol. The summed E-state index contributed by atoms with van der Waals surface area (Å²) < 4.78 is 10.7. The van der Waals surface area contributed by atoms with Crippen molar-refractivity contribution in [1.82, 2.24) is 5.32 Å². The summed E-state index contributed by atoms with van der Waals surface area (Å²) >= 11 is 3.37. The van der Waals surface area contributed by atoms with Gasteiger partial charge in [0.1, 0.15) is 5.75 Å². The number of amides is 2. The Hall–Kier alpha value is -3.65. The normalized spacial score (nSPS) is 10.2. The zero-order valence-electron chi connectivity index (χ0n) is 18.0. The summed E-state index contributed by atoms with van der Waals surface area (Å²) in [5.74, 6) is -0.0742. The first-order valence-corrected chi connectivity index (χ1v) is 11.1. The summed E-state index contributed by atoms with van der Waals surface area (Å²) in [5.41, 5.74) is 2.89. The second-order valence-electron chi connectivity index (χ2n) is 7.04. The fourth-order valence-electron chi connectivity index (χ4n) is 2.88. The molecular formula is C25H23BrN2O5. The summed E-state index contributed by atoms with van der Waals surface area (Å²) in [6, 6.07) is 21.0. The van der Waals surface area contributed by atoms with Gasteiger partial charge < -0.3 is 20.1 Å². The molecule has 0 fully saturated rings. The number of anilines is 1. The Morgan fingerprint density at radius 2 is 1.48 bits per heavy atom. The number of rotatable bonds is 8. The molecule has 0 aliphatic carbocycles. The van der Waals surface area contributed by atoms with Gasteiger partial charge >= 0.3 is 6.16 Å². The van der Waals surface area contributed by atoms with E-state index in [1.165, 1.54) is 12.1 Å². The van der Waals surface area contributed by atoms with E-state index in [-0.39, 0.29) is 24.2 Å². The first-order chi connectivity index (χ1) is 15.9. The van der Waals surface area contributed by atoms with Crippen LogP contribution in [0.1, 0.15) is 28.4 Å². The third-order valence-electron chi connectivity index (χ3n) is 4.56. The minimum absolute atomic E-state index is 0.0647. The molecule has 33 heavy (non-hydrogen) atoms. The van der Waals surface area contributed by atoms with Crippen LogP contribution in [-0.2, 0) is 22.5 Å². The number of ether oxygens (including phenoxy) is 2. The molecule has 0 atom stereocenters. The van der Waals surface area contributed by atoms with E-state index in [0.717, 1.165) is 15.6 Å². The van der Waals surface area contributed by atoms with Gasteiger partial charge in [-0.2, -0.15) is 0 Å². The predicted octanol–water partition coefficient (Wildman–Crippen LogP) is 5.10. The summed E-state index contributed by atoms with van der Waals surface area (Å²) in [6.45, 7) is 2.30. The second kappa shape index (κ2) is 11.8. The van der Waals surface area contributed by atoms with Crippen LogP contribution in [0.15, 0.2) is 77.3 Å². The zero-order valence-corrected chi connectivity index (χ0v) is 19.6. The maximum absolute atomic E-state index is 12.4. The Morgan fingerprint density at radius 3 is 2.12 bits per heavy atom. The minimum atomic E-state index is -0.792. The summed E-state index contributed by atoms with van der Waals surface area (Å²) in [5, 5.41) is 5.70. The molecule has 0 radical (unpaired) electrons. The average Bonchev–Trinajstić information content (AvgIpc) is 2.81. The van der Waals surface area contributed by atoms with Gasteiger partial charge in [0, 0.05) is 22.3 Å². The lowest BCUT2D eigenvalue weighted by Crippen LogP contribution is -2.24. The Balaban J connectivity index is 1.47. The van der Waals surface area contributed by atoms with Gasteiger partial charge in [0.05, 0.1) is 13.0 Å². The Morgan fingerprint density at radius 1 is 0.848 bits per heavy atom. The van der Waals surface area contributed by atoms with Crippen molar-refractivity contribution in [3.8, 4) is 5.75 Å². The first kappa shape index (κ1) is 24.0. The minimum Gasteiger partial charge on any atom is -0.434 e. The van der Waals surface area contributed by atoms with Crippen LogP contribution in [-0.4, -0.2) is 24.6 Å². The average molecular weight is 511 g/mol. The van der Waals surface area contributed by atoms with Crippen LogP contribution in [0.4, 0.5) is 10.5 Å². The smallest absolute Gasteiger partial charge is 0.434 e. The zero-order chi connectivity index (χ0) is 23.6. The number of benzene rings is 3. The van der Waals surface area contributed by atoms with Gasteiger partial charge in [-0.3, -0.25) is 9.59 Å². The molecule has 3 aromatic rings. The number of halogens is 1. The fraction of sp³-hybridized carbons (Fsp3) is 0.160. The van der Waals surface area contributed by atoms with Gasteiger partial charge in [-0.25, -0.2) is 4.79 Å². The highest BCUT2D eigenvalue weighted by atomic mass is 79.9. The molecule has 0 bridgehead atoms. The maximum atomic E-state index is 12.4. The molecule has 8 heteroatoms. The molecule has 7 nitrogen and oxygen atoms in total. The molecule has 3 aromatic carbocycles. The van der Waals surface area contributed by atoms with Crippen molar-refractivity contribution in [1.29, 1.82) is 0 Å². The third kappa shape index (κ3) is 7.76. The van der Waals surface area contributed by atoms with Crippen LogP contribution in [0.25, 0.3) is 0 Å². The van der Waals surface area contributed by atoms with E-state index in [4.69, 9.17) is 9.47 Å². The topological polar surface area (TPSA) is 93.7 Å². The first-order valence-electron chi connectivity index (χ1n) is 10.3. The molecule has 0 saturated heterocycles. The van der Waals surface area contributed by atoms with Crippen LogP contribution >= 0.6 is 15.9 Å². The number of carbonyl (C=O) groups excluding carboxylic acids is 3. The van der Waals surface area contributed by atoms with Crippen molar-refractivity contribution in [2.24, 2.45) is 0 Å². The molecule has 0 spiro atoms. The largest absolute Gasteiger partial charge is 0.513 e. The molecule has 2 amide bonds. The summed E-state index contributed by atoms with van der Waals surface area (Å²) in [7, 11) is 0. The van der Waals surface area contributed by atoms with Gasteiger partial charge in [-0.15, -0.1) is 0 Å². The lowest BCUT2D eigenvalue weighted by atomic mass is 10.1. The number of carbonyl (C=O) groups is 3. The Kier molecular flexibility index (Phi) is 8.60. The second-order valence-corrected chi connectivity index (χ2v) is 7.96. The van der Waals surface area contributed by atoms with Gasteiger partial charge in [-0.1, -0.05) is 40.2 Å². The van der Waals surface area contributed by atoms with Gasteiger partial charge in [0.15, 0.2) is 0 Å². The molecule has 0 aliphatic rings. The van der Waals surface area contributed by atoms with E-state index in [9.17, 15) is 14.4 Å². The fourth-order valence-corrected chi connectivity index (χ4v) is 3.14. The van der Waals surface area contributed by atoms with E-state index in [1.54, 1.807) is 31.2 Å². The SMILES string of the molecule is CCOC(=O)Oc1ccc(C(=O)Nc2ccc(CNC(=O)Cc3ccc(Br)cc3)cc2)cc1. The van der Waals surface area contributed by atoms with Crippen molar-refractivity contribution in [2.45, 2.75) is 19.9 Å². The molecule has 0 aliphatic heterocycles. The molecule has 170 valence electrons. The molecule has 0 saturated carbocycles. The highest BCUT2D eigenvalue weighted by molar-refractivity contribution is 9.10. The lowest BCUT2D eigenvalue weighted by Gasteiger charge is -2.09. The van der Waals surface area contributed by atoms with Crippen molar-refractivity contribution in [2.75, 3.05) is 11.9 Å². The van der Waals surface area contributed by atoms with Crippen molar-refractivity contribution >= 4 is 39.6 Å².